The Hall–Kier alpha value is -1.30. The molecule has 0 heteroatoms. The molecule has 1 aliphatic rings. The Morgan fingerprint density at radius 3 is 2.12 bits per heavy atom. The van der Waals surface area contributed by atoms with E-state index >= 15 is 0 Å². The van der Waals surface area contributed by atoms with Crippen LogP contribution in [-0.4, -0.2) is 0 Å². The van der Waals surface area contributed by atoms with Gasteiger partial charge in [-0.1, -0.05) is 58.7 Å². The van der Waals surface area contributed by atoms with Crippen LogP contribution in [-0.2, 0) is 0 Å². The molecule has 0 spiro atoms. The molecule has 0 aromatic rings. The van der Waals surface area contributed by atoms with Gasteiger partial charge in [-0.2, -0.15) is 0 Å². The molecule has 1 rings (SSSR count). The molecule has 0 amide bonds. The van der Waals surface area contributed by atoms with Crippen molar-refractivity contribution < 1.29 is 0 Å². The number of hydrogen-bond acceptors (Lipinski definition) is 0. The number of hydrogen-bond donors (Lipinski definition) is 0. The summed E-state index contributed by atoms with van der Waals surface area (Å²) in [6.07, 6.45) is 20.4. The first-order valence-corrected chi connectivity index (χ1v) is 10.2. The largest absolute Gasteiger partial charge is 0.0996 e. The van der Waals surface area contributed by atoms with E-state index in [2.05, 4.69) is 65.5 Å². The second kappa shape index (κ2) is 12.1. The van der Waals surface area contributed by atoms with E-state index < -0.39 is 0 Å². The number of rotatable bonds is 4. The highest BCUT2D eigenvalue weighted by molar-refractivity contribution is 5.11. The Morgan fingerprint density at radius 1 is 0.960 bits per heavy atom. The van der Waals surface area contributed by atoms with Crippen LogP contribution in [0.4, 0.5) is 0 Å². The molecule has 0 nitrogen and oxygen atoms in total. The van der Waals surface area contributed by atoms with E-state index in [1.165, 1.54) is 55.2 Å². The summed E-state index contributed by atoms with van der Waals surface area (Å²) in [6.45, 7) is 15.7. The molecule has 0 unspecified atom stereocenters. The molecular formula is C25H40. The minimum atomic E-state index is 0.629. The zero-order chi connectivity index (χ0) is 18.7. The van der Waals surface area contributed by atoms with Crippen LogP contribution >= 0.6 is 0 Å². The van der Waals surface area contributed by atoms with Crippen molar-refractivity contribution in [1.29, 1.82) is 0 Å². The molecule has 0 aliphatic heterocycles. The van der Waals surface area contributed by atoms with Crippen molar-refractivity contribution in [2.24, 2.45) is 5.92 Å². The first-order valence-electron chi connectivity index (χ1n) is 10.2. The topological polar surface area (TPSA) is 0 Å². The summed E-state index contributed by atoms with van der Waals surface area (Å²) in [4.78, 5) is 0. The van der Waals surface area contributed by atoms with Crippen LogP contribution in [0.15, 0.2) is 58.7 Å². The summed E-state index contributed by atoms with van der Waals surface area (Å²) in [7, 11) is 0. The Bertz CT molecular complexity index is 532. The van der Waals surface area contributed by atoms with Gasteiger partial charge in [-0.25, -0.2) is 0 Å². The average molecular weight is 341 g/mol. The molecule has 0 bridgehead atoms. The van der Waals surface area contributed by atoms with Crippen LogP contribution in [0.1, 0.15) is 92.4 Å². The lowest BCUT2D eigenvalue weighted by molar-refractivity contribution is 0.545. The summed E-state index contributed by atoms with van der Waals surface area (Å²) in [5.41, 5.74) is 7.48. The maximum Gasteiger partial charge on any atom is -0.0168 e. The van der Waals surface area contributed by atoms with Crippen molar-refractivity contribution in [2.75, 3.05) is 0 Å². The third kappa shape index (κ3) is 10.3. The molecule has 1 aliphatic carbocycles. The molecule has 0 heterocycles. The fourth-order valence-electron chi connectivity index (χ4n) is 3.38. The van der Waals surface area contributed by atoms with Crippen LogP contribution in [0.3, 0.4) is 0 Å². The van der Waals surface area contributed by atoms with Gasteiger partial charge in [0.15, 0.2) is 0 Å². The summed E-state index contributed by atoms with van der Waals surface area (Å²) in [5, 5.41) is 0. The second-order valence-electron chi connectivity index (χ2n) is 8.18. The second-order valence-corrected chi connectivity index (χ2v) is 8.18. The van der Waals surface area contributed by atoms with Crippen molar-refractivity contribution in [2.45, 2.75) is 92.4 Å². The van der Waals surface area contributed by atoms with Crippen molar-refractivity contribution in [3.63, 3.8) is 0 Å². The Kier molecular flexibility index (Phi) is 10.5. The molecule has 0 radical (unpaired) electrons. The number of allylic oxidation sites excluding steroid dienone is 9. The summed E-state index contributed by atoms with van der Waals surface area (Å²) in [6, 6.07) is 0. The minimum absolute atomic E-state index is 0.629. The van der Waals surface area contributed by atoms with Crippen molar-refractivity contribution >= 4 is 0 Å². The van der Waals surface area contributed by atoms with Crippen molar-refractivity contribution in [3.05, 3.63) is 58.7 Å². The molecule has 0 aromatic heterocycles. The van der Waals surface area contributed by atoms with E-state index in [4.69, 9.17) is 0 Å². The predicted molar refractivity (Wildman–Crippen MR) is 115 cm³/mol. The Balaban J connectivity index is 2.78. The standard InChI is InChI=1S/C25H40/c1-20(2)10-7-15-24(6)25-18-16-22(4)13-8-11-21(3)12-9-14-23(5)17-19-25/h10-11,14,16,25H,6-9,12-13,15,17-19H2,1-5H3/b21-11+,22-16+,23-14+/t25-/m1/s1. The zero-order valence-electron chi connectivity index (χ0n) is 17.5. The maximum atomic E-state index is 4.45. The quantitative estimate of drug-likeness (QED) is 0.450. The molecular weight excluding hydrogens is 300 g/mol. The van der Waals surface area contributed by atoms with Crippen LogP contribution in [0.5, 0.6) is 0 Å². The first kappa shape index (κ1) is 21.7. The predicted octanol–water partition coefficient (Wildman–Crippen LogP) is 8.49. The van der Waals surface area contributed by atoms with Gasteiger partial charge < -0.3 is 0 Å². The third-order valence-electron chi connectivity index (χ3n) is 5.30. The van der Waals surface area contributed by atoms with E-state index in [-0.39, 0.29) is 0 Å². The zero-order valence-corrected chi connectivity index (χ0v) is 17.5. The molecule has 0 saturated heterocycles. The van der Waals surface area contributed by atoms with Gasteiger partial charge in [0.1, 0.15) is 0 Å². The van der Waals surface area contributed by atoms with E-state index in [1.807, 2.05) is 0 Å². The highest BCUT2D eigenvalue weighted by Gasteiger charge is 2.12. The maximum absolute atomic E-state index is 4.45. The lowest BCUT2D eigenvalue weighted by atomic mass is 9.86. The molecule has 25 heavy (non-hydrogen) atoms. The van der Waals surface area contributed by atoms with Crippen molar-refractivity contribution in [3.8, 4) is 0 Å². The Morgan fingerprint density at radius 2 is 1.52 bits per heavy atom. The monoisotopic (exact) mass is 340 g/mol. The molecule has 140 valence electrons. The van der Waals surface area contributed by atoms with Crippen LogP contribution in [0, 0.1) is 5.92 Å². The van der Waals surface area contributed by atoms with Crippen LogP contribution in [0.2, 0.25) is 0 Å². The van der Waals surface area contributed by atoms with E-state index in [0.717, 1.165) is 19.3 Å². The van der Waals surface area contributed by atoms with Crippen LogP contribution in [0.25, 0.3) is 0 Å². The minimum Gasteiger partial charge on any atom is -0.0996 e. The van der Waals surface area contributed by atoms with E-state index in [9.17, 15) is 0 Å². The van der Waals surface area contributed by atoms with Crippen LogP contribution < -0.4 is 0 Å². The van der Waals surface area contributed by atoms with Gasteiger partial charge in [-0.05, 0) is 98.3 Å². The molecule has 0 aromatic carbocycles. The molecule has 1 atom stereocenters. The SMILES string of the molecule is C=C(CCC=C(C)C)[C@@H]1C/C=C(\C)CC/C=C(\C)CC/C=C(\C)CC1. The molecule has 0 N–H and O–H groups in total. The van der Waals surface area contributed by atoms with Crippen molar-refractivity contribution in [1.82, 2.24) is 0 Å². The van der Waals surface area contributed by atoms with Gasteiger partial charge in [0.05, 0.1) is 0 Å². The van der Waals surface area contributed by atoms with Gasteiger partial charge in [0.25, 0.3) is 0 Å². The molecule has 0 fully saturated rings. The van der Waals surface area contributed by atoms with Gasteiger partial charge in [-0.15, -0.1) is 0 Å². The fourth-order valence-corrected chi connectivity index (χ4v) is 3.38. The first-order chi connectivity index (χ1) is 11.9. The van der Waals surface area contributed by atoms with Gasteiger partial charge >= 0.3 is 0 Å². The lowest BCUT2D eigenvalue weighted by Crippen LogP contribution is -2.04. The fraction of sp³-hybridized carbons (Fsp3) is 0.600. The summed E-state index contributed by atoms with van der Waals surface area (Å²) < 4.78 is 0. The van der Waals surface area contributed by atoms with Gasteiger partial charge in [-0.3, -0.25) is 0 Å². The summed E-state index contributed by atoms with van der Waals surface area (Å²) >= 11 is 0. The highest BCUT2D eigenvalue weighted by atomic mass is 14.2. The third-order valence-corrected chi connectivity index (χ3v) is 5.30. The normalized spacial score (nSPS) is 26.9. The van der Waals surface area contributed by atoms with E-state index in [1.54, 1.807) is 11.1 Å². The molecule has 0 saturated carbocycles. The average Bonchev–Trinajstić information content (AvgIpc) is 2.53. The van der Waals surface area contributed by atoms with Gasteiger partial charge in [0, 0.05) is 0 Å². The highest BCUT2D eigenvalue weighted by Crippen LogP contribution is 2.27. The van der Waals surface area contributed by atoms with E-state index in [0.29, 0.717) is 5.92 Å². The smallest absolute Gasteiger partial charge is 0.0168 e. The lowest BCUT2D eigenvalue weighted by Gasteiger charge is -2.19. The Labute approximate surface area is 157 Å². The van der Waals surface area contributed by atoms with Gasteiger partial charge in [0.2, 0.25) is 0 Å². The summed E-state index contributed by atoms with van der Waals surface area (Å²) in [5.74, 6) is 0.629.